The van der Waals surface area contributed by atoms with Crippen molar-refractivity contribution >= 4 is 44.4 Å². The summed E-state index contributed by atoms with van der Waals surface area (Å²) in [5.41, 5.74) is 0.568. The summed E-state index contributed by atoms with van der Waals surface area (Å²) in [6, 6.07) is 5.74. The number of halogens is 2. The molecule has 0 atom stereocenters. The number of ether oxygens (including phenoxy) is 1. The van der Waals surface area contributed by atoms with Crippen molar-refractivity contribution < 1.29 is 9.53 Å². The fraction of sp³-hybridized carbons (Fsp3) is 0.462. The molecule has 0 bridgehead atoms. The highest BCUT2D eigenvalue weighted by molar-refractivity contribution is 14.1. The van der Waals surface area contributed by atoms with Crippen molar-refractivity contribution in [3.8, 4) is 0 Å². The molecule has 0 radical (unpaired) electrons. The zero-order chi connectivity index (χ0) is 13.2. The van der Waals surface area contributed by atoms with Gasteiger partial charge in [-0.3, -0.25) is 4.79 Å². The van der Waals surface area contributed by atoms with E-state index in [-0.39, 0.29) is 11.4 Å². The maximum Gasteiger partial charge on any atom is 0.252 e. The summed E-state index contributed by atoms with van der Waals surface area (Å²) in [6.45, 7) is 3.51. The second-order valence-corrected chi connectivity index (χ2v) is 6.83. The van der Waals surface area contributed by atoms with Crippen molar-refractivity contribution in [3.05, 3.63) is 31.8 Å². The summed E-state index contributed by atoms with van der Waals surface area (Å²) in [6.07, 6.45) is 1.73. The van der Waals surface area contributed by atoms with Crippen molar-refractivity contribution in [2.24, 2.45) is 0 Å². The lowest BCUT2D eigenvalue weighted by Crippen LogP contribution is -2.49. The molecular formula is C13H15BrINO2. The molecule has 0 spiro atoms. The third-order valence-electron chi connectivity index (χ3n) is 3.18. The molecule has 18 heavy (non-hydrogen) atoms. The van der Waals surface area contributed by atoms with E-state index in [2.05, 4.69) is 50.8 Å². The SMILES string of the molecule is CC1(NC(=O)c2cc(Br)ccc2I)CCOCC1. The lowest BCUT2D eigenvalue weighted by atomic mass is 9.92. The van der Waals surface area contributed by atoms with E-state index in [0.29, 0.717) is 13.2 Å². The topological polar surface area (TPSA) is 38.3 Å². The van der Waals surface area contributed by atoms with Crippen molar-refractivity contribution in [2.45, 2.75) is 25.3 Å². The normalized spacial score (nSPS) is 18.4. The van der Waals surface area contributed by atoms with Crippen molar-refractivity contribution in [2.75, 3.05) is 13.2 Å². The van der Waals surface area contributed by atoms with Crippen LogP contribution in [0.3, 0.4) is 0 Å². The summed E-state index contributed by atoms with van der Waals surface area (Å²) in [4.78, 5) is 12.3. The average molecular weight is 424 g/mol. The van der Waals surface area contributed by atoms with E-state index in [9.17, 15) is 4.79 Å². The highest BCUT2D eigenvalue weighted by Gasteiger charge is 2.29. The first-order valence-electron chi connectivity index (χ1n) is 5.85. The van der Waals surface area contributed by atoms with Crippen LogP contribution in [0.15, 0.2) is 22.7 Å². The van der Waals surface area contributed by atoms with Gasteiger partial charge in [-0.25, -0.2) is 0 Å². The second-order valence-electron chi connectivity index (χ2n) is 4.75. The fourth-order valence-corrected chi connectivity index (χ4v) is 2.90. The molecule has 2 rings (SSSR count). The molecule has 1 amide bonds. The Labute approximate surface area is 129 Å². The molecule has 1 aliphatic heterocycles. The van der Waals surface area contributed by atoms with Crippen LogP contribution in [0, 0.1) is 3.57 Å². The number of hydrogen-bond acceptors (Lipinski definition) is 2. The second kappa shape index (κ2) is 5.88. The largest absolute Gasteiger partial charge is 0.381 e. The van der Waals surface area contributed by atoms with Gasteiger partial charge in [-0.1, -0.05) is 15.9 Å². The number of carbonyl (C=O) groups excluding carboxylic acids is 1. The Morgan fingerprint density at radius 3 is 2.78 bits per heavy atom. The van der Waals surface area contributed by atoms with E-state index in [1.165, 1.54) is 0 Å². The van der Waals surface area contributed by atoms with Gasteiger partial charge < -0.3 is 10.1 Å². The molecule has 1 saturated heterocycles. The van der Waals surface area contributed by atoms with Gasteiger partial charge in [-0.2, -0.15) is 0 Å². The van der Waals surface area contributed by atoms with Gasteiger partial charge in [0, 0.05) is 26.8 Å². The van der Waals surface area contributed by atoms with E-state index < -0.39 is 0 Å². The Bertz CT molecular complexity index is 458. The zero-order valence-corrected chi connectivity index (χ0v) is 13.9. The summed E-state index contributed by atoms with van der Waals surface area (Å²) in [7, 11) is 0. The van der Waals surface area contributed by atoms with Crippen LogP contribution >= 0.6 is 38.5 Å². The first-order chi connectivity index (χ1) is 8.50. The Balaban J connectivity index is 2.14. The Morgan fingerprint density at radius 2 is 2.11 bits per heavy atom. The summed E-state index contributed by atoms with van der Waals surface area (Å²) in [5.74, 6) is -0.00917. The molecule has 3 nitrogen and oxygen atoms in total. The first kappa shape index (κ1) is 14.3. The molecule has 0 aromatic heterocycles. The Morgan fingerprint density at radius 1 is 1.44 bits per heavy atom. The molecule has 1 aromatic rings. The highest BCUT2D eigenvalue weighted by atomic mass is 127. The lowest BCUT2D eigenvalue weighted by Gasteiger charge is -2.34. The first-order valence-corrected chi connectivity index (χ1v) is 7.73. The van der Waals surface area contributed by atoms with E-state index >= 15 is 0 Å². The molecule has 1 aliphatic rings. The van der Waals surface area contributed by atoms with Crippen LogP contribution in [0.5, 0.6) is 0 Å². The van der Waals surface area contributed by atoms with Crippen LogP contribution in [-0.4, -0.2) is 24.7 Å². The zero-order valence-electron chi connectivity index (χ0n) is 10.1. The van der Waals surface area contributed by atoms with Gasteiger partial charge in [-0.15, -0.1) is 0 Å². The number of nitrogens with one attached hydrogen (secondary N) is 1. The summed E-state index contributed by atoms with van der Waals surface area (Å²) >= 11 is 5.58. The molecular weight excluding hydrogens is 409 g/mol. The van der Waals surface area contributed by atoms with Crippen LogP contribution < -0.4 is 5.32 Å². The van der Waals surface area contributed by atoms with Crippen LogP contribution in [0.4, 0.5) is 0 Å². The Kier molecular flexibility index (Phi) is 4.66. The summed E-state index contributed by atoms with van der Waals surface area (Å²) < 4.78 is 7.22. The molecule has 1 aromatic carbocycles. The molecule has 5 heteroatoms. The standard InChI is InChI=1S/C13H15BrINO2/c1-13(4-6-18-7-5-13)16-12(17)10-8-9(14)2-3-11(10)15/h2-3,8H,4-7H2,1H3,(H,16,17). The quantitative estimate of drug-likeness (QED) is 0.740. The molecule has 1 fully saturated rings. The fourth-order valence-electron chi connectivity index (χ4n) is 1.96. The minimum atomic E-state index is -0.152. The van der Waals surface area contributed by atoms with Crippen LogP contribution in [0.25, 0.3) is 0 Å². The van der Waals surface area contributed by atoms with Crippen LogP contribution in [0.1, 0.15) is 30.1 Å². The monoisotopic (exact) mass is 423 g/mol. The van der Waals surface area contributed by atoms with Gasteiger partial charge in [0.1, 0.15) is 0 Å². The van der Waals surface area contributed by atoms with Crippen molar-refractivity contribution in [1.29, 1.82) is 0 Å². The maximum atomic E-state index is 12.3. The van der Waals surface area contributed by atoms with Crippen molar-refractivity contribution in [3.63, 3.8) is 0 Å². The molecule has 0 unspecified atom stereocenters. The smallest absolute Gasteiger partial charge is 0.252 e. The lowest BCUT2D eigenvalue weighted by molar-refractivity contribution is 0.0422. The van der Waals surface area contributed by atoms with Crippen LogP contribution in [-0.2, 0) is 4.74 Å². The number of benzene rings is 1. The Hall–Kier alpha value is -0.140. The van der Waals surface area contributed by atoms with Crippen molar-refractivity contribution in [1.82, 2.24) is 5.32 Å². The van der Waals surface area contributed by atoms with Gasteiger partial charge in [0.25, 0.3) is 5.91 Å². The van der Waals surface area contributed by atoms with Crippen LogP contribution in [0.2, 0.25) is 0 Å². The predicted octanol–water partition coefficient (Wildman–Crippen LogP) is 3.35. The molecule has 0 aliphatic carbocycles. The number of amides is 1. The molecule has 1 N–H and O–H groups in total. The van der Waals surface area contributed by atoms with Gasteiger partial charge in [0.05, 0.1) is 5.56 Å². The number of carbonyl (C=O) groups is 1. The number of rotatable bonds is 2. The molecule has 0 saturated carbocycles. The third kappa shape index (κ3) is 3.45. The van der Waals surface area contributed by atoms with Gasteiger partial charge in [-0.05, 0) is 60.6 Å². The highest BCUT2D eigenvalue weighted by Crippen LogP contribution is 2.23. The predicted molar refractivity (Wildman–Crippen MR) is 82.8 cm³/mol. The number of hydrogen-bond donors (Lipinski definition) is 1. The van der Waals surface area contributed by atoms with E-state index in [0.717, 1.165) is 26.4 Å². The van der Waals surface area contributed by atoms with E-state index in [4.69, 9.17) is 4.74 Å². The van der Waals surface area contributed by atoms with Gasteiger partial charge in [0.2, 0.25) is 0 Å². The minimum absolute atomic E-state index is 0.00917. The minimum Gasteiger partial charge on any atom is -0.381 e. The molecule has 1 heterocycles. The van der Waals surface area contributed by atoms with E-state index in [1.807, 2.05) is 18.2 Å². The van der Waals surface area contributed by atoms with Gasteiger partial charge in [0.15, 0.2) is 0 Å². The maximum absolute atomic E-state index is 12.3. The van der Waals surface area contributed by atoms with Gasteiger partial charge >= 0.3 is 0 Å². The average Bonchev–Trinajstić information content (AvgIpc) is 2.32. The summed E-state index contributed by atoms with van der Waals surface area (Å²) in [5, 5.41) is 3.14. The van der Waals surface area contributed by atoms with E-state index in [1.54, 1.807) is 0 Å². The third-order valence-corrected chi connectivity index (χ3v) is 4.62. The molecule has 98 valence electrons.